The molecule has 1 saturated carbocycles. The van der Waals surface area contributed by atoms with Crippen molar-refractivity contribution in [3.8, 4) is 17.1 Å². The monoisotopic (exact) mass is 475 g/mol. The molecule has 0 unspecified atom stereocenters. The van der Waals surface area contributed by atoms with E-state index in [1.165, 1.54) is 0 Å². The molecule has 1 fully saturated rings. The predicted octanol–water partition coefficient (Wildman–Crippen LogP) is 6.24. The molecule has 1 amide bonds. The van der Waals surface area contributed by atoms with Crippen LogP contribution in [0.1, 0.15) is 29.1 Å². The van der Waals surface area contributed by atoms with Gasteiger partial charge in [-0.3, -0.25) is 4.79 Å². The van der Waals surface area contributed by atoms with Crippen LogP contribution in [0.2, 0.25) is 5.02 Å². The number of carbonyl (C=O) groups is 1. The van der Waals surface area contributed by atoms with Crippen LogP contribution in [0.15, 0.2) is 81.0 Å². The van der Waals surface area contributed by atoms with Crippen molar-refractivity contribution in [1.82, 2.24) is 10.1 Å². The smallest absolute Gasteiger partial charge is 0.264 e. The first-order valence-electron chi connectivity index (χ1n) is 10.6. The van der Waals surface area contributed by atoms with Gasteiger partial charge in [0.25, 0.3) is 11.8 Å². The normalized spacial score (nSPS) is 15.1. The van der Waals surface area contributed by atoms with E-state index < -0.39 is 0 Å². The number of anilines is 1. The summed E-state index contributed by atoms with van der Waals surface area (Å²) in [4.78, 5) is 21.7. The van der Waals surface area contributed by atoms with E-state index in [9.17, 15) is 4.79 Å². The third-order valence-corrected chi connectivity index (χ3v) is 6.96. The molecule has 1 aliphatic heterocycles. The quantitative estimate of drug-likeness (QED) is 0.340. The highest BCUT2D eigenvalue weighted by Gasteiger charge is 2.38. The molecule has 0 bridgehead atoms. The molecule has 0 radical (unpaired) electrons. The Kier molecular flexibility index (Phi) is 5.08. The second-order valence-electron chi connectivity index (χ2n) is 7.94. The first-order valence-corrected chi connectivity index (χ1v) is 11.8. The van der Waals surface area contributed by atoms with Gasteiger partial charge in [-0.1, -0.05) is 40.7 Å². The number of carbonyl (C=O) groups excluding carboxylic acids is 1. The lowest BCUT2D eigenvalue weighted by Crippen LogP contribution is -2.32. The number of aromatic nitrogens is 2. The molecule has 0 atom stereocenters. The van der Waals surface area contributed by atoms with Crippen molar-refractivity contribution in [1.29, 1.82) is 0 Å². The Balaban J connectivity index is 1.29. The number of hydrogen-bond acceptors (Lipinski definition) is 6. The molecule has 0 spiro atoms. The van der Waals surface area contributed by atoms with Crippen molar-refractivity contribution in [2.45, 2.75) is 35.3 Å². The van der Waals surface area contributed by atoms with E-state index in [1.807, 2.05) is 47.4 Å². The molecular formula is C25H18ClN3O3S. The molecule has 1 aromatic heterocycles. The summed E-state index contributed by atoms with van der Waals surface area (Å²) in [6.07, 6.45) is 2.06. The summed E-state index contributed by atoms with van der Waals surface area (Å²) < 4.78 is 11.1. The number of ether oxygens (including phenoxy) is 1. The fraction of sp³-hybridized carbons (Fsp3) is 0.160. The number of amides is 1. The number of rotatable bonds is 5. The topological polar surface area (TPSA) is 68.5 Å². The fourth-order valence-corrected chi connectivity index (χ4v) is 5.06. The highest BCUT2D eigenvalue weighted by atomic mass is 35.5. The minimum atomic E-state index is 0.0632. The van der Waals surface area contributed by atoms with Crippen molar-refractivity contribution >= 4 is 35.0 Å². The maximum absolute atomic E-state index is 13.3. The lowest BCUT2D eigenvalue weighted by atomic mass is 10.1. The average molecular weight is 476 g/mol. The zero-order chi connectivity index (χ0) is 22.4. The van der Waals surface area contributed by atoms with E-state index in [-0.39, 0.29) is 18.6 Å². The van der Waals surface area contributed by atoms with Crippen LogP contribution in [-0.4, -0.2) is 22.1 Å². The van der Waals surface area contributed by atoms with Crippen LogP contribution in [-0.2, 0) is 6.61 Å². The van der Waals surface area contributed by atoms with Gasteiger partial charge >= 0.3 is 0 Å². The molecule has 1 aliphatic carbocycles. The molecule has 8 heteroatoms. The summed E-state index contributed by atoms with van der Waals surface area (Å²) in [7, 11) is 0. The van der Waals surface area contributed by atoms with Crippen LogP contribution in [0.4, 0.5) is 5.69 Å². The molecule has 164 valence electrons. The van der Waals surface area contributed by atoms with Gasteiger partial charge in [0.15, 0.2) is 6.61 Å². The van der Waals surface area contributed by atoms with Crippen molar-refractivity contribution in [3.63, 3.8) is 0 Å². The van der Waals surface area contributed by atoms with Crippen molar-refractivity contribution < 1.29 is 14.1 Å². The SMILES string of the molecule is O=C1c2ccccc2Sc2cc(-c3noc(COc4ccc(Cl)cc4)n3)ccc2N1C1CC1. The van der Waals surface area contributed by atoms with Crippen LogP contribution in [0.25, 0.3) is 11.4 Å². The van der Waals surface area contributed by atoms with Crippen LogP contribution in [0.3, 0.4) is 0 Å². The Hall–Kier alpha value is -3.29. The zero-order valence-electron chi connectivity index (χ0n) is 17.4. The Morgan fingerprint density at radius 1 is 1.06 bits per heavy atom. The Bertz CT molecular complexity index is 1350. The van der Waals surface area contributed by atoms with Crippen molar-refractivity contribution in [2.75, 3.05) is 4.90 Å². The summed E-state index contributed by atoms with van der Waals surface area (Å²) in [6.45, 7) is 0.158. The second kappa shape index (κ2) is 8.24. The first-order chi connectivity index (χ1) is 16.2. The molecule has 2 heterocycles. The molecule has 6 rings (SSSR count). The largest absolute Gasteiger partial charge is 0.484 e. The molecule has 4 aromatic rings. The van der Waals surface area contributed by atoms with Gasteiger partial charge in [0.2, 0.25) is 5.82 Å². The van der Waals surface area contributed by atoms with Crippen molar-refractivity contribution in [3.05, 3.63) is 83.2 Å². The van der Waals surface area contributed by atoms with E-state index >= 15 is 0 Å². The molecule has 0 N–H and O–H groups in total. The summed E-state index contributed by atoms with van der Waals surface area (Å²) in [5, 5.41) is 4.78. The third-order valence-electron chi connectivity index (χ3n) is 5.59. The van der Waals surface area contributed by atoms with Crippen LogP contribution >= 0.6 is 23.4 Å². The number of benzene rings is 3. The third kappa shape index (κ3) is 3.98. The van der Waals surface area contributed by atoms with Gasteiger partial charge in [-0.15, -0.1) is 0 Å². The van der Waals surface area contributed by atoms with Gasteiger partial charge in [0.05, 0.1) is 11.3 Å². The minimum Gasteiger partial charge on any atom is -0.484 e. The zero-order valence-corrected chi connectivity index (χ0v) is 19.0. The highest BCUT2D eigenvalue weighted by Crippen LogP contribution is 2.46. The Morgan fingerprint density at radius 3 is 2.70 bits per heavy atom. The summed E-state index contributed by atoms with van der Waals surface area (Å²) in [6, 6.07) is 21.1. The summed E-state index contributed by atoms with van der Waals surface area (Å²) in [5.41, 5.74) is 2.50. The number of nitrogens with zero attached hydrogens (tertiary/aromatic N) is 3. The van der Waals surface area contributed by atoms with Gasteiger partial charge in [-0.2, -0.15) is 4.98 Å². The Morgan fingerprint density at radius 2 is 1.88 bits per heavy atom. The van der Waals surface area contributed by atoms with E-state index in [0.717, 1.165) is 39.4 Å². The standard InChI is InChI=1S/C25H18ClN3O3S/c26-16-6-10-18(11-7-16)31-14-23-27-24(28-32-23)15-5-12-20-22(13-15)33-21-4-2-1-3-19(21)25(30)29(20)17-8-9-17/h1-7,10-13,17H,8-9,14H2. The van der Waals surface area contributed by atoms with Gasteiger partial charge in [0.1, 0.15) is 5.75 Å². The summed E-state index contributed by atoms with van der Waals surface area (Å²) in [5.74, 6) is 1.59. The minimum absolute atomic E-state index is 0.0632. The lowest BCUT2D eigenvalue weighted by Gasteiger charge is -2.22. The van der Waals surface area contributed by atoms with Crippen LogP contribution in [0, 0.1) is 0 Å². The highest BCUT2D eigenvalue weighted by molar-refractivity contribution is 7.99. The van der Waals surface area contributed by atoms with Crippen LogP contribution < -0.4 is 9.64 Å². The Labute approximate surface area is 199 Å². The van der Waals surface area contributed by atoms with Gasteiger partial charge in [-0.05, 0) is 67.4 Å². The molecule has 0 saturated heterocycles. The van der Waals surface area contributed by atoms with E-state index in [1.54, 1.807) is 36.0 Å². The number of hydrogen-bond donors (Lipinski definition) is 0. The molecular weight excluding hydrogens is 458 g/mol. The van der Waals surface area contributed by atoms with E-state index in [4.69, 9.17) is 20.9 Å². The summed E-state index contributed by atoms with van der Waals surface area (Å²) >= 11 is 7.50. The maximum atomic E-state index is 13.3. The maximum Gasteiger partial charge on any atom is 0.264 e. The number of fused-ring (bicyclic) bond motifs is 2. The number of halogens is 1. The fourth-order valence-electron chi connectivity index (χ4n) is 3.83. The average Bonchev–Trinajstić information content (AvgIpc) is 3.57. The second-order valence-corrected chi connectivity index (χ2v) is 9.46. The molecule has 2 aliphatic rings. The van der Waals surface area contributed by atoms with Gasteiger partial charge < -0.3 is 14.2 Å². The molecule has 6 nitrogen and oxygen atoms in total. The molecule has 3 aromatic carbocycles. The molecule has 33 heavy (non-hydrogen) atoms. The first kappa shape index (κ1) is 20.3. The van der Waals surface area contributed by atoms with Crippen molar-refractivity contribution in [2.24, 2.45) is 0 Å². The van der Waals surface area contributed by atoms with Crippen LogP contribution in [0.5, 0.6) is 5.75 Å². The lowest BCUT2D eigenvalue weighted by molar-refractivity contribution is 0.0982. The predicted molar refractivity (Wildman–Crippen MR) is 126 cm³/mol. The van der Waals surface area contributed by atoms with Gasteiger partial charge in [-0.25, -0.2) is 0 Å². The van der Waals surface area contributed by atoms with E-state index in [0.29, 0.717) is 22.5 Å². The van der Waals surface area contributed by atoms with Gasteiger partial charge in [0, 0.05) is 26.4 Å². The van der Waals surface area contributed by atoms with E-state index in [2.05, 4.69) is 10.1 Å².